The third-order valence-electron chi connectivity index (χ3n) is 3.89. The minimum Gasteiger partial charge on any atom is -0.508 e. The van der Waals surface area contributed by atoms with Gasteiger partial charge in [0, 0.05) is 13.1 Å². The van der Waals surface area contributed by atoms with Crippen molar-refractivity contribution in [3.8, 4) is 5.75 Å². The second-order valence-electron chi connectivity index (χ2n) is 5.87. The summed E-state index contributed by atoms with van der Waals surface area (Å²) in [4.78, 5) is 32.8. The molecule has 1 amide bonds. The van der Waals surface area contributed by atoms with E-state index in [1.807, 2.05) is 24.3 Å². The Bertz CT molecular complexity index is 811. The molecule has 2 aromatic rings. The van der Waals surface area contributed by atoms with E-state index in [0.29, 0.717) is 19.5 Å². The van der Waals surface area contributed by atoms with Gasteiger partial charge in [0.2, 0.25) is 0 Å². The Morgan fingerprint density at radius 1 is 0.964 bits per heavy atom. The Balaban J connectivity index is 1.71. The van der Waals surface area contributed by atoms with Gasteiger partial charge in [-0.25, -0.2) is 15.2 Å². The molecule has 0 unspecified atom stereocenters. The number of rotatable bonds is 11. The minimum absolute atomic E-state index is 0.0684. The second-order valence-corrected chi connectivity index (χ2v) is 5.87. The number of aromatic hydroxyl groups is 1. The molecule has 0 spiro atoms. The van der Waals surface area contributed by atoms with Crippen LogP contribution < -0.4 is 10.8 Å². The van der Waals surface area contributed by atoms with Crippen LogP contribution in [0.2, 0.25) is 0 Å². The zero-order chi connectivity index (χ0) is 20.4. The molecule has 5 N–H and O–H groups in total. The number of benzene rings is 2. The number of carboxylic acid groups (broad SMARTS) is 1. The molecule has 0 aromatic heterocycles. The first-order valence-corrected chi connectivity index (χ1v) is 8.55. The van der Waals surface area contributed by atoms with E-state index in [1.54, 1.807) is 0 Å². The monoisotopic (exact) mass is 390 g/mol. The van der Waals surface area contributed by atoms with Gasteiger partial charge < -0.3 is 15.5 Å². The van der Waals surface area contributed by atoms with Crippen LogP contribution in [-0.2, 0) is 22.9 Å². The third-order valence-corrected chi connectivity index (χ3v) is 3.89. The Morgan fingerprint density at radius 2 is 1.68 bits per heavy atom. The number of phenolic OH excluding ortho intramolecular Hbond substituents is 1. The van der Waals surface area contributed by atoms with E-state index in [9.17, 15) is 14.7 Å². The van der Waals surface area contributed by atoms with E-state index in [1.165, 1.54) is 12.1 Å². The van der Waals surface area contributed by atoms with E-state index in [2.05, 4.69) is 15.7 Å². The molecule has 0 saturated heterocycles. The summed E-state index contributed by atoms with van der Waals surface area (Å²) in [6.07, 6.45) is 0.536. The number of carboxylic acids is 1. The number of nitrogens with one attached hydrogen (secondary N) is 2. The van der Waals surface area contributed by atoms with Crippen molar-refractivity contribution in [3.05, 3.63) is 64.7 Å². The summed E-state index contributed by atoms with van der Waals surface area (Å²) in [6.45, 7) is 1.08. The number of carbonyl (C=O) groups excluding carboxylic acids is 1. The summed E-state index contributed by atoms with van der Waals surface area (Å²) >= 11 is 0. The van der Waals surface area contributed by atoms with Gasteiger partial charge in [0.25, 0.3) is 5.91 Å². The van der Waals surface area contributed by atoms with Crippen molar-refractivity contribution < 1.29 is 34.8 Å². The highest BCUT2D eigenvalue weighted by Gasteiger charge is 2.16. The van der Waals surface area contributed by atoms with E-state index in [4.69, 9.17) is 15.2 Å². The number of hydrogen-bond donors (Lipinski definition) is 5. The SMILES string of the molecule is O=C(O)c1ccc(O)cc1C(=O)NCCCNOCc1ccccc1COO. The molecule has 9 heteroatoms. The van der Waals surface area contributed by atoms with Crippen LogP contribution in [0.15, 0.2) is 42.5 Å². The quantitative estimate of drug-likeness (QED) is 0.223. The van der Waals surface area contributed by atoms with Gasteiger partial charge >= 0.3 is 5.97 Å². The van der Waals surface area contributed by atoms with Crippen LogP contribution in [0, 0.1) is 0 Å². The molecule has 0 atom stereocenters. The number of carbonyl (C=O) groups is 2. The van der Waals surface area contributed by atoms with Crippen molar-refractivity contribution in [2.24, 2.45) is 0 Å². The van der Waals surface area contributed by atoms with Crippen molar-refractivity contribution in [1.29, 1.82) is 0 Å². The predicted molar refractivity (Wildman–Crippen MR) is 98.7 cm³/mol. The van der Waals surface area contributed by atoms with Gasteiger partial charge in [-0.15, -0.1) is 0 Å². The topological polar surface area (TPSA) is 137 Å². The number of amides is 1. The molecule has 0 radical (unpaired) electrons. The number of aromatic carboxylic acids is 1. The smallest absolute Gasteiger partial charge is 0.336 e. The Labute approximate surface area is 161 Å². The lowest BCUT2D eigenvalue weighted by molar-refractivity contribution is -0.253. The molecule has 2 aromatic carbocycles. The van der Waals surface area contributed by atoms with Gasteiger partial charge in [0.05, 0.1) is 17.7 Å². The predicted octanol–water partition coefficient (Wildman–Crippen LogP) is 1.92. The highest BCUT2D eigenvalue weighted by Crippen LogP contribution is 2.16. The van der Waals surface area contributed by atoms with Crippen LogP contribution in [0.4, 0.5) is 0 Å². The van der Waals surface area contributed by atoms with Gasteiger partial charge in [-0.05, 0) is 35.7 Å². The molecule has 28 heavy (non-hydrogen) atoms. The van der Waals surface area contributed by atoms with Gasteiger partial charge in [-0.2, -0.15) is 0 Å². The molecule has 9 nitrogen and oxygen atoms in total. The highest BCUT2D eigenvalue weighted by atomic mass is 17.1. The Hall–Kier alpha value is -2.98. The van der Waals surface area contributed by atoms with Crippen molar-refractivity contribution in [3.63, 3.8) is 0 Å². The fraction of sp³-hybridized carbons (Fsp3) is 0.263. The largest absolute Gasteiger partial charge is 0.508 e. The fourth-order valence-electron chi connectivity index (χ4n) is 2.47. The lowest BCUT2D eigenvalue weighted by Gasteiger charge is -2.10. The maximum absolute atomic E-state index is 12.1. The van der Waals surface area contributed by atoms with Crippen molar-refractivity contribution in [2.45, 2.75) is 19.6 Å². The summed E-state index contributed by atoms with van der Waals surface area (Å²) in [5, 5.41) is 29.7. The maximum atomic E-state index is 12.1. The van der Waals surface area contributed by atoms with Crippen LogP contribution in [-0.4, -0.2) is 40.4 Å². The maximum Gasteiger partial charge on any atom is 0.336 e. The zero-order valence-corrected chi connectivity index (χ0v) is 15.1. The van der Waals surface area contributed by atoms with E-state index < -0.39 is 11.9 Å². The molecule has 2 rings (SSSR count). The van der Waals surface area contributed by atoms with Gasteiger partial charge in [0.1, 0.15) is 12.4 Å². The fourth-order valence-corrected chi connectivity index (χ4v) is 2.47. The lowest BCUT2D eigenvalue weighted by Crippen LogP contribution is -2.28. The average molecular weight is 390 g/mol. The van der Waals surface area contributed by atoms with E-state index in [0.717, 1.165) is 17.2 Å². The first-order valence-electron chi connectivity index (χ1n) is 8.55. The summed E-state index contributed by atoms with van der Waals surface area (Å²) in [6, 6.07) is 10.9. The molecule has 0 fully saturated rings. The number of phenols is 1. The zero-order valence-electron chi connectivity index (χ0n) is 15.1. The van der Waals surface area contributed by atoms with E-state index in [-0.39, 0.29) is 30.1 Å². The third kappa shape index (κ3) is 6.32. The summed E-state index contributed by atoms with van der Waals surface area (Å²) in [7, 11) is 0. The van der Waals surface area contributed by atoms with Crippen molar-refractivity contribution >= 4 is 11.9 Å². The van der Waals surface area contributed by atoms with Crippen LogP contribution in [0.25, 0.3) is 0 Å². The van der Waals surface area contributed by atoms with Crippen LogP contribution in [0.1, 0.15) is 38.3 Å². The molecule has 0 bridgehead atoms. The normalized spacial score (nSPS) is 10.6. The molecule has 0 aliphatic carbocycles. The number of hydroxylamine groups is 1. The van der Waals surface area contributed by atoms with Gasteiger partial charge in [-0.1, -0.05) is 24.3 Å². The molecule has 0 aliphatic heterocycles. The molecule has 0 heterocycles. The minimum atomic E-state index is -1.24. The van der Waals surface area contributed by atoms with E-state index >= 15 is 0 Å². The van der Waals surface area contributed by atoms with Crippen LogP contribution in [0.3, 0.4) is 0 Å². The summed E-state index contributed by atoms with van der Waals surface area (Å²) in [5.41, 5.74) is 4.16. The molecule has 150 valence electrons. The lowest BCUT2D eigenvalue weighted by atomic mass is 10.1. The first-order chi connectivity index (χ1) is 13.5. The molecule has 0 saturated carbocycles. The van der Waals surface area contributed by atoms with Gasteiger partial charge in [-0.3, -0.25) is 14.9 Å². The van der Waals surface area contributed by atoms with Crippen LogP contribution in [0.5, 0.6) is 5.75 Å². The average Bonchev–Trinajstić information content (AvgIpc) is 2.68. The van der Waals surface area contributed by atoms with Crippen LogP contribution >= 0.6 is 0 Å². The Kier molecular flexibility index (Phi) is 8.37. The van der Waals surface area contributed by atoms with Gasteiger partial charge in [0.15, 0.2) is 0 Å². The number of hydrogen-bond acceptors (Lipinski definition) is 7. The highest BCUT2D eigenvalue weighted by molar-refractivity contribution is 6.05. The van der Waals surface area contributed by atoms with Crippen molar-refractivity contribution in [1.82, 2.24) is 10.8 Å². The molecular formula is C19H22N2O7. The second kappa shape index (κ2) is 11.0. The molecular weight excluding hydrogens is 368 g/mol. The standard InChI is InChI=1S/C19H22N2O7/c22-15-6-7-16(19(24)25)17(10-15)18(23)20-8-3-9-21-27-11-13-4-1-2-5-14(13)12-28-26/h1-2,4-7,10,21-22,26H,3,8-9,11-12H2,(H,20,23)(H,24,25). The Morgan fingerprint density at radius 3 is 2.36 bits per heavy atom. The molecule has 0 aliphatic rings. The van der Waals surface area contributed by atoms with Crippen molar-refractivity contribution in [2.75, 3.05) is 13.1 Å². The summed E-state index contributed by atoms with van der Waals surface area (Å²) in [5.74, 6) is -2.00. The first kappa shape index (κ1) is 21.3. The summed E-state index contributed by atoms with van der Waals surface area (Å²) < 4.78 is 0.